The number of nitrogens with zero attached hydrogens (tertiary/aromatic N) is 1. The van der Waals surface area contributed by atoms with E-state index in [0.717, 1.165) is 35.1 Å². The summed E-state index contributed by atoms with van der Waals surface area (Å²) in [5.74, 6) is 0.169. The molecular formula is C14H19IN2O. The van der Waals surface area contributed by atoms with E-state index in [1.165, 1.54) is 5.56 Å². The third-order valence-electron chi connectivity index (χ3n) is 3.61. The first kappa shape index (κ1) is 13.8. The van der Waals surface area contributed by atoms with Crippen LogP contribution >= 0.6 is 22.6 Å². The summed E-state index contributed by atoms with van der Waals surface area (Å²) in [7, 11) is 1.99. The summed E-state index contributed by atoms with van der Waals surface area (Å²) in [5, 5.41) is 3.28. The minimum absolute atomic E-state index is 0.169. The van der Waals surface area contributed by atoms with Crippen molar-refractivity contribution in [1.82, 2.24) is 10.2 Å². The molecule has 0 radical (unpaired) electrons. The van der Waals surface area contributed by atoms with Crippen LogP contribution < -0.4 is 5.32 Å². The summed E-state index contributed by atoms with van der Waals surface area (Å²) in [6, 6.07) is 6.51. The van der Waals surface area contributed by atoms with Crippen molar-refractivity contribution < 1.29 is 4.79 Å². The van der Waals surface area contributed by atoms with Gasteiger partial charge in [-0.1, -0.05) is 6.07 Å². The zero-order valence-corrected chi connectivity index (χ0v) is 13.0. The highest BCUT2D eigenvalue weighted by Crippen LogP contribution is 2.17. The van der Waals surface area contributed by atoms with E-state index in [4.69, 9.17) is 0 Å². The second kappa shape index (κ2) is 6.02. The summed E-state index contributed by atoms with van der Waals surface area (Å²) in [5.41, 5.74) is 2.04. The third kappa shape index (κ3) is 3.03. The zero-order chi connectivity index (χ0) is 13.1. The second-order valence-corrected chi connectivity index (χ2v) is 5.98. The molecule has 0 bridgehead atoms. The molecule has 1 fully saturated rings. The van der Waals surface area contributed by atoms with Gasteiger partial charge in [-0.2, -0.15) is 0 Å². The Kier molecular flexibility index (Phi) is 4.61. The first-order chi connectivity index (χ1) is 8.61. The molecule has 3 nitrogen and oxygen atoms in total. The maximum Gasteiger partial charge on any atom is 0.253 e. The van der Waals surface area contributed by atoms with Gasteiger partial charge < -0.3 is 10.2 Å². The summed E-state index contributed by atoms with van der Waals surface area (Å²) in [6.07, 6.45) is 2.09. The van der Waals surface area contributed by atoms with Crippen LogP contribution in [0.15, 0.2) is 18.2 Å². The lowest BCUT2D eigenvalue weighted by molar-refractivity contribution is 0.0707. The Balaban J connectivity index is 2.05. The normalized spacial score (nSPS) is 16.9. The Labute approximate surface area is 122 Å². The van der Waals surface area contributed by atoms with Gasteiger partial charge in [0.2, 0.25) is 0 Å². The van der Waals surface area contributed by atoms with Crippen molar-refractivity contribution in [3.63, 3.8) is 0 Å². The highest BCUT2D eigenvalue weighted by molar-refractivity contribution is 14.1. The van der Waals surface area contributed by atoms with Crippen LogP contribution in [0.2, 0.25) is 0 Å². The molecule has 1 aliphatic rings. The number of hydrogen-bond donors (Lipinski definition) is 1. The molecule has 1 N–H and O–H groups in total. The molecule has 1 heterocycles. The van der Waals surface area contributed by atoms with Crippen molar-refractivity contribution >= 4 is 28.5 Å². The van der Waals surface area contributed by atoms with Gasteiger partial charge in [-0.3, -0.25) is 4.79 Å². The molecule has 0 spiro atoms. The number of benzene rings is 1. The quantitative estimate of drug-likeness (QED) is 0.824. The molecule has 1 aromatic rings. The van der Waals surface area contributed by atoms with Gasteiger partial charge >= 0.3 is 0 Å². The van der Waals surface area contributed by atoms with Crippen LogP contribution in [0.5, 0.6) is 0 Å². The third-order valence-corrected chi connectivity index (χ3v) is 4.77. The Morgan fingerprint density at radius 3 is 2.61 bits per heavy atom. The first-order valence-electron chi connectivity index (χ1n) is 6.34. The Morgan fingerprint density at radius 2 is 2.06 bits per heavy atom. The minimum atomic E-state index is 0.169. The fraction of sp³-hybridized carbons (Fsp3) is 0.500. The highest BCUT2D eigenvalue weighted by atomic mass is 127. The number of hydrogen-bond acceptors (Lipinski definition) is 2. The van der Waals surface area contributed by atoms with Crippen LogP contribution in [-0.4, -0.2) is 37.0 Å². The van der Waals surface area contributed by atoms with E-state index in [0.29, 0.717) is 6.04 Å². The van der Waals surface area contributed by atoms with Crippen molar-refractivity contribution in [1.29, 1.82) is 0 Å². The number of halogens is 1. The smallest absolute Gasteiger partial charge is 0.253 e. The maximum atomic E-state index is 12.4. The molecule has 2 rings (SSSR count). The van der Waals surface area contributed by atoms with E-state index in [2.05, 4.69) is 34.8 Å². The summed E-state index contributed by atoms with van der Waals surface area (Å²) in [4.78, 5) is 14.3. The lowest BCUT2D eigenvalue weighted by Crippen LogP contribution is -2.43. The molecule has 18 heavy (non-hydrogen) atoms. The van der Waals surface area contributed by atoms with Crippen molar-refractivity contribution in [2.45, 2.75) is 25.8 Å². The van der Waals surface area contributed by atoms with Crippen molar-refractivity contribution in [3.8, 4) is 0 Å². The van der Waals surface area contributed by atoms with Gasteiger partial charge in [-0.15, -0.1) is 0 Å². The number of rotatable bonds is 2. The number of carbonyl (C=O) groups is 1. The number of amides is 1. The van der Waals surface area contributed by atoms with E-state index in [1.807, 2.05) is 30.1 Å². The van der Waals surface area contributed by atoms with Gasteiger partial charge in [0.1, 0.15) is 0 Å². The molecule has 1 saturated heterocycles. The number of carbonyl (C=O) groups excluding carboxylic acids is 1. The van der Waals surface area contributed by atoms with Crippen LogP contribution in [0.4, 0.5) is 0 Å². The van der Waals surface area contributed by atoms with Gasteiger partial charge in [-0.05, 0) is 67.1 Å². The lowest BCUT2D eigenvalue weighted by Gasteiger charge is -2.32. The fourth-order valence-electron chi connectivity index (χ4n) is 2.28. The van der Waals surface area contributed by atoms with Gasteiger partial charge in [0.25, 0.3) is 5.91 Å². The molecule has 4 heteroatoms. The molecule has 1 aliphatic heterocycles. The summed E-state index contributed by atoms with van der Waals surface area (Å²) < 4.78 is 1.16. The average molecular weight is 358 g/mol. The Bertz CT molecular complexity index is 439. The fourth-order valence-corrected chi connectivity index (χ4v) is 2.80. The van der Waals surface area contributed by atoms with Gasteiger partial charge in [0, 0.05) is 28.3 Å². The average Bonchev–Trinajstić information content (AvgIpc) is 2.41. The van der Waals surface area contributed by atoms with Crippen LogP contribution in [0.25, 0.3) is 0 Å². The van der Waals surface area contributed by atoms with Gasteiger partial charge in [0.05, 0.1) is 0 Å². The number of piperidine rings is 1. The molecule has 1 aromatic carbocycles. The Morgan fingerprint density at radius 1 is 1.39 bits per heavy atom. The summed E-state index contributed by atoms with van der Waals surface area (Å²) in [6.45, 7) is 3.78. The number of aryl methyl sites for hydroxylation is 1. The van der Waals surface area contributed by atoms with E-state index < -0.39 is 0 Å². The molecule has 1 amide bonds. The monoisotopic (exact) mass is 358 g/mol. The summed E-state index contributed by atoms with van der Waals surface area (Å²) >= 11 is 2.28. The second-order valence-electron chi connectivity index (χ2n) is 4.82. The van der Waals surface area contributed by atoms with Gasteiger partial charge in [-0.25, -0.2) is 0 Å². The molecule has 0 aliphatic carbocycles. The molecule has 98 valence electrons. The van der Waals surface area contributed by atoms with E-state index in [-0.39, 0.29) is 5.91 Å². The Hall–Kier alpha value is -0.620. The first-order valence-corrected chi connectivity index (χ1v) is 7.42. The number of likely N-dealkylation sites (tertiary alicyclic amines) is 1. The standard InChI is InChI=1S/C14H19IN2O/c1-10-3-4-11(9-13(10)15)14(18)17-7-5-12(16-2)6-8-17/h3-4,9,12,16H,5-8H2,1-2H3. The topological polar surface area (TPSA) is 32.3 Å². The van der Waals surface area contributed by atoms with E-state index in [9.17, 15) is 4.79 Å². The predicted molar refractivity (Wildman–Crippen MR) is 81.9 cm³/mol. The van der Waals surface area contributed by atoms with Crippen LogP contribution in [0.1, 0.15) is 28.8 Å². The van der Waals surface area contributed by atoms with E-state index in [1.54, 1.807) is 0 Å². The van der Waals surface area contributed by atoms with Gasteiger partial charge in [0.15, 0.2) is 0 Å². The van der Waals surface area contributed by atoms with Crippen molar-refractivity contribution in [2.75, 3.05) is 20.1 Å². The lowest BCUT2D eigenvalue weighted by atomic mass is 10.0. The number of nitrogens with one attached hydrogen (secondary N) is 1. The zero-order valence-electron chi connectivity index (χ0n) is 10.9. The van der Waals surface area contributed by atoms with Crippen LogP contribution in [0, 0.1) is 10.5 Å². The highest BCUT2D eigenvalue weighted by Gasteiger charge is 2.22. The van der Waals surface area contributed by atoms with Crippen LogP contribution in [0.3, 0.4) is 0 Å². The minimum Gasteiger partial charge on any atom is -0.339 e. The van der Waals surface area contributed by atoms with E-state index >= 15 is 0 Å². The molecule has 0 aromatic heterocycles. The molecule has 0 atom stereocenters. The maximum absolute atomic E-state index is 12.4. The van der Waals surface area contributed by atoms with Crippen molar-refractivity contribution in [3.05, 3.63) is 32.9 Å². The molecule has 0 unspecified atom stereocenters. The molecule has 0 saturated carbocycles. The molecular weight excluding hydrogens is 339 g/mol. The van der Waals surface area contributed by atoms with Crippen molar-refractivity contribution in [2.24, 2.45) is 0 Å². The predicted octanol–water partition coefficient (Wildman–Crippen LogP) is 2.42. The van der Waals surface area contributed by atoms with Crippen LogP contribution in [-0.2, 0) is 0 Å². The largest absolute Gasteiger partial charge is 0.339 e. The SMILES string of the molecule is CNC1CCN(C(=O)c2ccc(C)c(I)c2)CC1.